The quantitative estimate of drug-likeness (QED) is 0.682. The fraction of sp³-hybridized carbons (Fsp3) is 0.357. The van der Waals surface area contributed by atoms with Crippen molar-refractivity contribution in [3.63, 3.8) is 0 Å². The smallest absolute Gasteiger partial charge is 0.315 e. The van der Waals surface area contributed by atoms with Gasteiger partial charge in [-0.3, -0.25) is 0 Å². The number of nitrogens with zero attached hydrogens (tertiary/aromatic N) is 2. The maximum atomic E-state index is 11.7. The van der Waals surface area contributed by atoms with E-state index >= 15 is 0 Å². The van der Waals surface area contributed by atoms with Gasteiger partial charge >= 0.3 is 6.03 Å². The maximum Gasteiger partial charge on any atom is 0.315 e. The molecule has 0 fully saturated rings. The van der Waals surface area contributed by atoms with E-state index in [1.807, 2.05) is 12.3 Å². The third kappa shape index (κ3) is 5.78. The summed E-state index contributed by atoms with van der Waals surface area (Å²) < 4.78 is 0. The van der Waals surface area contributed by atoms with Crippen LogP contribution in [0, 0.1) is 0 Å². The van der Waals surface area contributed by atoms with E-state index in [0.717, 1.165) is 6.42 Å². The standard InChI is InChI=1S/C14H19N5OS/c1-11(9-12-3-8-21-10-12)19-14(20)18-7-6-17-13-15-4-2-5-16-13/h2-5,8,10-11H,6-7,9H2,1H3,(H,15,16,17)(H2,18,19,20)/t11-/m1/s1. The van der Waals surface area contributed by atoms with Gasteiger partial charge in [-0.25, -0.2) is 14.8 Å². The van der Waals surface area contributed by atoms with Crippen molar-refractivity contribution in [3.8, 4) is 0 Å². The summed E-state index contributed by atoms with van der Waals surface area (Å²) >= 11 is 1.67. The van der Waals surface area contributed by atoms with Gasteiger partial charge in [0.2, 0.25) is 5.95 Å². The van der Waals surface area contributed by atoms with Gasteiger partial charge in [-0.05, 0) is 41.8 Å². The molecule has 3 N–H and O–H groups in total. The second-order valence-corrected chi connectivity index (χ2v) is 5.42. The van der Waals surface area contributed by atoms with Gasteiger partial charge in [0.15, 0.2) is 0 Å². The molecule has 112 valence electrons. The molecule has 0 radical (unpaired) electrons. The first-order valence-electron chi connectivity index (χ1n) is 6.80. The van der Waals surface area contributed by atoms with Crippen LogP contribution in [0.25, 0.3) is 0 Å². The van der Waals surface area contributed by atoms with Crippen LogP contribution < -0.4 is 16.0 Å². The molecule has 0 aliphatic rings. The molecule has 0 aliphatic heterocycles. The molecule has 0 aliphatic carbocycles. The third-order valence-electron chi connectivity index (χ3n) is 2.76. The van der Waals surface area contributed by atoms with Crippen LogP contribution in [0.5, 0.6) is 0 Å². The van der Waals surface area contributed by atoms with Gasteiger partial charge in [0.05, 0.1) is 0 Å². The number of urea groups is 1. The Morgan fingerprint density at radius 2 is 2.14 bits per heavy atom. The molecule has 2 rings (SSSR count). The summed E-state index contributed by atoms with van der Waals surface area (Å²) in [4.78, 5) is 19.8. The molecule has 2 amide bonds. The molecule has 0 saturated carbocycles. The number of amides is 2. The van der Waals surface area contributed by atoms with Crippen molar-refractivity contribution in [1.29, 1.82) is 0 Å². The van der Waals surface area contributed by atoms with Gasteiger partial charge in [0.25, 0.3) is 0 Å². The summed E-state index contributed by atoms with van der Waals surface area (Å²) in [6.45, 7) is 3.08. The van der Waals surface area contributed by atoms with Crippen molar-refractivity contribution in [1.82, 2.24) is 20.6 Å². The Kier molecular flexibility index (Phi) is 5.96. The minimum absolute atomic E-state index is 0.102. The van der Waals surface area contributed by atoms with E-state index < -0.39 is 0 Å². The monoisotopic (exact) mass is 305 g/mol. The SMILES string of the molecule is C[C@H](Cc1ccsc1)NC(=O)NCCNc1ncccn1. The van der Waals surface area contributed by atoms with Crippen molar-refractivity contribution in [2.45, 2.75) is 19.4 Å². The average Bonchev–Trinajstić information content (AvgIpc) is 2.97. The number of aromatic nitrogens is 2. The topological polar surface area (TPSA) is 78.9 Å². The molecule has 2 aromatic rings. The molecule has 0 spiro atoms. The predicted molar refractivity (Wildman–Crippen MR) is 84.5 cm³/mol. The van der Waals surface area contributed by atoms with Crippen LogP contribution in [-0.2, 0) is 6.42 Å². The highest BCUT2D eigenvalue weighted by molar-refractivity contribution is 7.07. The molecule has 0 saturated heterocycles. The lowest BCUT2D eigenvalue weighted by molar-refractivity contribution is 0.238. The molecular weight excluding hydrogens is 286 g/mol. The molecule has 0 bridgehead atoms. The molecule has 6 nitrogen and oxygen atoms in total. The number of carbonyl (C=O) groups excluding carboxylic acids is 1. The highest BCUT2D eigenvalue weighted by Gasteiger charge is 2.07. The zero-order valence-corrected chi connectivity index (χ0v) is 12.7. The number of hydrogen-bond donors (Lipinski definition) is 3. The fourth-order valence-electron chi connectivity index (χ4n) is 1.83. The Bertz CT molecular complexity index is 532. The van der Waals surface area contributed by atoms with Crippen LogP contribution in [0.3, 0.4) is 0 Å². The predicted octanol–water partition coefficient (Wildman–Crippen LogP) is 1.88. The minimum Gasteiger partial charge on any atom is -0.352 e. The van der Waals surface area contributed by atoms with Gasteiger partial charge in [0.1, 0.15) is 0 Å². The largest absolute Gasteiger partial charge is 0.352 e. The lowest BCUT2D eigenvalue weighted by atomic mass is 10.1. The molecule has 0 unspecified atom stereocenters. The maximum absolute atomic E-state index is 11.7. The van der Waals surface area contributed by atoms with Gasteiger partial charge in [-0.1, -0.05) is 0 Å². The summed E-state index contributed by atoms with van der Waals surface area (Å²) in [5.41, 5.74) is 1.25. The number of rotatable bonds is 7. The van der Waals surface area contributed by atoms with Crippen molar-refractivity contribution in [2.75, 3.05) is 18.4 Å². The fourth-order valence-corrected chi connectivity index (χ4v) is 2.51. The molecule has 2 aromatic heterocycles. The minimum atomic E-state index is -0.159. The first-order valence-corrected chi connectivity index (χ1v) is 7.74. The van der Waals surface area contributed by atoms with E-state index in [2.05, 4.69) is 37.4 Å². The third-order valence-corrected chi connectivity index (χ3v) is 3.49. The molecule has 0 aromatic carbocycles. The lowest BCUT2D eigenvalue weighted by Gasteiger charge is -2.14. The number of carbonyl (C=O) groups is 1. The van der Waals surface area contributed by atoms with E-state index in [1.165, 1.54) is 5.56 Å². The Morgan fingerprint density at radius 3 is 2.86 bits per heavy atom. The van der Waals surface area contributed by atoms with E-state index in [0.29, 0.717) is 19.0 Å². The Balaban J connectivity index is 1.59. The zero-order chi connectivity index (χ0) is 14.9. The van der Waals surface area contributed by atoms with Crippen molar-refractivity contribution < 1.29 is 4.79 Å². The number of anilines is 1. The number of nitrogens with one attached hydrogen (secondary N) is 3. The highest BCUT2D eigenvalue weighted by atomic mass is 32.1. The summed E-state index contributed by atoms with van der Waals surface area (Å²) in [5, 5.41) is 12.9. The van der Waals surface area contributed by atoms with Crippen LogP contribution in [0.2, 0.25) is 0 Å². The van der Waals surface area contributed by atoms with Crippen LogP contribution in [0.1, 0.15) is 12.5 Å². The van der Waals surface area contributed by atoms with Crippen molar-refractivity contribution in [2.24, 2.45) is 0 Å². The summed E-state index contributed by atoms with van der Waals surface area (Å²) in [7, 11) is 0. The Hall–Kier alpha value is -2.15. The summed E-state index contributed by atoms with van der Waals surface area (Å²) in [6.07, 6.45) is 4.18. The molecular formula is C14H19N5OS. The molecule has 1 atom stereocenters. The van der Waals surface area contributed by atoms with E-state index in [9.17, 15) is 4.79 Å². The van der Waals surface area contributed by atoms with Crippen LogP contribution >= 0.6 is 11.3 Å². The van der Waals surface area contributed by atoms with E-state index in [4.69, 9.17) is 0 Å². The highest BCUT2D eigenvalue weighted by Crippen LogP contribution is 2.08. The summed E-state index contributed by atoms with van der Waals surface area (Å²) in [5.74, 6) is 0.561. The van der Waals surface area contributed by atoms with Gasteiger partial charge < -0.3 is 16.0 Å². The second kappa shape index (κ2) is 8.21. The van der Waals surface area contributed by atoms with Gasteiger partial charge in [0, 0.05) is 31.5 Å². The molecule has 2 heterocycles. The number of hydrogen-bond acceptors (Lipinski definition) is 5. The number of thiophene rings is 1. The molecule has 7 heteroatoms. The second-order valence-electron chi connectivity index (χ2n) is 4.64. The normalized spacial score (nSPS) is 11.7. The Labute approximate surface area is 128 Å². The van der Waals surface area contributed by atoms with Crippen LogP contribution in [0.15, 0.2) is 35.3 Å². The van der Waals surface area contributed by atoms with Crippen molar-refractivity contribution in [3.05, 3.63) is 40.8 Å². The van der Waals surface area contributed by atoms with Crippen LogP contribution in [0.4, 0.5) is 10.7 Å². The lowest BCUT2D eigenvalue weighted by Crippen LogP contribution is -2.43. The van der Waals surface area contributed by atoms with E-state index in [1.54, 1.807) is 29.8 Å². The average molecular weight is 305 g/mol. The van der Waals surface area contributed by atoms with E-state index in [-0.39, 0.29) is 12.1 Å². The van der Waals surface area contributed by atoms with Crippen molar-refractivity contribution >= 4 is 23.3 Å². The zero-order valence-electron chi connectivity index (χ0n) is 11.9. The summed E-state index contributed by atoms with van der Waals surface area (Å²) in [6, 6.07) is 3.77. The Morgan fingerprint density at radius 1 is 1.33 bits per heavy atom. The first kappa shape index (κ1) is 15.2. The first-order chi connectivity index (χ1) is 10.2. The molecule has 21 heavy (non-hydrogen) atoms. The van der Waals surface area contributed by atoms with Gasteiger partial charge in [-0.15, -0.1) is 0 Å². The van der Waals surface area contributed by atoms with Gasteiger partial charge in [-0.2, -0.15) is 11.3 Å². The van der Waals surface area contributed by atoms with Crippen LogP contribution in [-0.4, -0.2) is 35.1 Å².